The Bertz CT molecular complexity index is 1510. The van der Waals surface area contributed by atoms with E-state index in [4.69, 9.17) is 18.9 Å². The summed E-state index contributed by atoms with van der Waals surface area (Å²) < 4.78 is 21.4. The third-order valence-corrected chi connectivity index (χ3v) is 7.58. The third-order valence-electron chi connectivity index (χ3n) is 6.44. The molecule has 0 saturated carbocycles. The van der Waals surface area contributed by atoms with Gasteiger partial charge in [0.1, 0.15) is 16.4 Å². The number of Topliss-reactive ketones (excluding diaryl/α,β-unsaturated/α-hetero) is 1. The van der Waals surface area contributed by atoms with Crippen LogP contribution in [0.3, 0.4) is 0 Å². The number of aromatic nitrogens is 1. The Morgan fingerprint density at radius 3 is 2.35 bits per heavy atom. The predicted molar refractivity (Wildman–Crippen MR) is 149 cm³/mol. The Kier molecular flexibility index (Phi) is 8.43. The van der Waals surface area contributed by atoms with E-state index in [1.807, 2.05) is 13.8 Å². The van der Waals surface area contributed by atoms with Crippen LogP contribution >= 0.6 is 11.3 Å². The lowest BCUT2D eigenvalue weighted by molar-refractivity contribution is -0.132. The number of carbonyl (C=O) groups is 3. The maximum atomic E-state index is 13.5. The van der Waals surface area contributed by atoms with Crippen molar-refractivity contribution in [3.8, 4) is 17.2 Å². The molecule has 10 nitrogen and oxygen atoms in total. The summed E-state index contributed by atoms with van der Waals surface area (Å²) in [5.74, 6) is -1.29. The fraction of sp³-hybridized carbons (Fsp3) is 0.310. The lowest BCUT2D eigenvalue weighted by Gasteiger charge is -2.24. The quantitative estimate of drug-likeness (QED) is 0.165. The van der Waals surface area contributed by atoms with Crippen molar-refractivity contribution in [2.45, 2.75) is 33.2 Å². The zero-order chi connectivity index (χ0) is 29.1. The van der Waals surface area contributed by atoms with Gasteiger partial charge in [-0.3, -0.25) is 14.5 Å². The third kappa shape index (κ3) is 5.12. The molecule has 2 aromatic carbocycles. The van der Waals surface area contributed by atoms with Gasteiger partial charge in [0.05, 0.1) is 45.2 Å². The van der Waals surface area contributed by atoms with Crippen molar-refractivity contribution >= 4 is 39.9 Å². The Morgan fingerprint density at radius 1 is 1.02 bits per heavy atom. The Balaban J connectivity index is 1.93. The highest BCUT2D eigenvalue weighted by Crippen LogP contribution is 2.45. The first kappa shape index (κ1) is 28.6. The predicted octanol–water partition coefficient (Wildman–Crippen LogP) is 4.98. The number of aliphatic hydroxyl groups excluding tert-OH is 1. The van der Waals surface area contributed by atoms with Crippen molar-refractivity contribution in [2.24, 2.45) is 0 Å². The molecule has 11 heteroatoms. The summed E-state index contributed by atoms with van der Waals surface area (Å²) in [5, 5.41) is 11.6. The van der Waals surface area contributed by atoms with Crippen LogP contribution in [0, 0.1) is 13.8 Å². The first-order chi connectivity index (χ1) is 19.2. The molecular weight excluding hydrogens is 536 g/mol. The molecule has 0 radical (unpaired) electrons. The van der Waals surface area contributed by atoms with Crippen molar-refractivity contribution in [3.63, 3.8) is 0 Å². The Hall–Kier alpha value is -4.38. The number of ether oxygens (including phenoxy) is 4. The fourth-order valence-corrected chi connectivity index (χ4v) is 5.47. The summed E-state index contributed by atoms with van der Waals surface area (Å²) >= 11 is 0.923. The van der Waals surface area contributed by atoms with Gasteiger partial charge in [0.25, 0.3) is 5.78 Å². The van der Waals surface area contributed by atoms with E-state index >= 15 is 0 Å². The lowest BCUT2D eigenvalue weighted by atomic mass is 9.94. The van der Waals surface area contributed by atoms with Gasteiger partial charge in [0.2, 0.25) is 0 Å². The first-order valence-electron chi connectivity index (χ1n) is 12.5. The summed E-state index contributed by atoms with van der Waals surface area (Å²) in [6.07, 6.45) is 0.837. The minimum Gasteiger partial charge on any atom is -0.507 e. The van der Waals surface area contributed by atoms with Crippen molar-refractivity contribution < 1.29 is 38.4 Å². The van der Waals surface area contributed by atoms with Gasteiger partial charge in [-0.15, -0.1) is 0 Å². The van der Waals surface area contributed by atoms with E-state index in [-0.39, 0.29) is 21.3 Å². The van der Waals surface area contributed by atoms with Crippen LogP contribution in [0.5, 0.6) is 17.2 Å². The van der Waals surface area contributed by atoms with Crippen LogP contribution in [0.2, 0.25) is 0 Å². The molecule has 4 rings (SSSR count). The molecule has 1 aliphatic heterocycles. The van der Waals surface area contributed by atoms with Crippen LogP contribution in [-0.4, -0.2) is 55.7 Å². The molecule has 1 saturated heterocycles. The molecule has 0 aliphatic carbocycles. The molecule has 0 bridgehead atoms. The molecular formula is C29H30N2O8S. The molecule has 2 heterocycles. The average molecular weight is 567 g/mol. The van der Waals surface area contributed by atoms with Gasteiger partial charge in [-0.1, -0.05) is 24.3 Å². The monoisotopic (exact) mass is 566 g/mol. The van der Waals surface area contributed by atoms with E-state index in [1.54, 1.807) is 43.3 Å². The number of esters is 1. The molecule has 1 unspecified atom stereocenters. The highest BCUT2D eigenvalue weighted by atomic mass is 32.1. The molecule has 3 aromatic rings. The number of hydrogen-bond acceptors (Lipinski definition) is 10. The second-order valence-corrected chi connectivity index (χ2v) is 9.99. The van der Waals surface area contributed by atoms with Gasteiger partial charge in [0, 0.05) is 5.56 Å². The smallest absolute Gasteiger partial charge is 0.350 e. The largest absolute Gasteiger partial charge is 0.507 e. The number of methoxy groups -OCH3 is 3. The Morgan fingerprint density at radius 2 is 1.73 bits per heavy atom. The van der Waals surface area contributed by atoms with E-state index in [2.05, 4.69) is 4.98 Å². The van der Waals surface area contributed by atoms with Crippen molar-refractivity contribution in [3.05, 3.63) is 69.2 Å². The molecule has 1 atom stereocenters. The summed E-state index contributed by atoms with van der Waals surface area (Å²) in [4.78, 5) is 45.1. The number of aliphatic hydroxyl groups is 1. The second-order valence-electron chi connectivity index (χ2n) is 9.01. The van der Waals surface area contributed by atoms with Crippen LogP contribution in [-0.2, 0) is 14.3 Å². The fourth-order valence-electron chi connectivity index (χ4n) is 4.46. The average Bonchev–Trinajstić information content (AvgIpc) is 3.47. The molecule has 1 N–H and O–H groups in total. The van der Waals surface area contributed by atoms with Crippen molar-refractivity contribution in [1.29, 1.82) is 0 Å². The number of rotatable bonds is 9. The molecule has 1 amide bonds. The van der Waals surface area contributed by atoms with Crippen LogP contribution in [0.15, 0.2) is 42.0 Å². The van der Waals surface area contributed by atoms with E-state index in [0.717, 1.165) is 23.3 Å². The van der Waals surface area contributed by atoms with Crippen LogP contribution in [0.25, 0.3) is 5.76 Å². The number of aryl methyl sites for hydroxylation is 2. The normalized spacial score (nSPS) is 16.2. The van der Waals surface area contributed by atoms with Gasteiger partial charge in [-0.05, 0) is 61.7 Å². The number of nitrogens with zero attached hydrogens (tertiary/aromatic N) is 2. The van der Waals surface area contributed by atoms with Crippen molar-refractivity contribution in [1.82, 2.24) is 4.98 Å². The summed E-state index contributed by atoms with van der Waals surface area (Å²) in [5.41, 5.74) is 1.78. The minimum absolute atomic E-state index is 0.110. The van der Waals surface area contributed by atoms with Gasteiger partial charge >= 0.3 is 11.9 Å². The zero-order valence-electron chi connectivity index (χ0n) is 23.1. The summed E-state index contributed by atoms with van der Waals surface area (Å²) in [7, 11) is 4.21. The number of hydrogen-bond donors (Lipinski definition) is 1. The van der Waals surface area contributed by atoms with E-state index in [0.29, 0.717) is 40.7 Å². The Labute approximate surface area is 235 Å². The van der Waals surface area contributed by atoms with Crippen LogP contribution < -0.4 is 19.1 Å². The molecule has 0 spiro atoms. The second kappa shape index (κ2) is 11.8. The lowest BCUT2D eigenvalue weighted by Crippen LogP contribution is -2.29. The first-order valence-corrected chi connectivity index (χ1v) is 13.3. The number of ketones is 1. The molecule has 1 aliphatic rings. The number of benzene rings is 2. The van der Waals surface area contributed by atoms with Gasteiger partial charge < -0.3 is 24.1 Å². The number of thiazole rings is 1. The minimum atomic E-state index is -1.08. The number of carbonyl (C=O) groups excluding carboxylic acids is 3. The molecule has 1 fully saturated rings. The maximum absolute atomic E-state index is 13.5. The summed E-state index contributed by atoms with van der Waals surface area (Å²) in [6, 6.07) is 8.92. The van der Waals surface area contributed by atoms with E-state index in [9.17, 15) is 19.5 Å². The molecule has 40 heavy (non-hydrogen) atoms. The highest BCUT2D eigenvalue weighted by Gasteiger charge is 2.48. The topological polar surface area (TPSA) is 124 Å². The molecule has 210 valence electrons. The number of amides is 1. The van der Waals surface area contributed by atoms with Crippen LogP contribution in [0.1, 0.15) is 51.4 Å². The van der Waals surface area contributed by atoms with Gasteiger partial charge in [-0.2, -0.15) is 0 Å². The zero-order valence-corrected chi connectivity index (χ0v) is 23.9. The van der Waals surface area contributed by atoms with Crippen LogP contribution in [0.4, 0.5) is 5.13 Å². The summed E-state index contributed by atoms with van der Waals surface area (Å²) in [6.45, 7) is 5.98. The molecule has 1 aromatic heterocycles. The highest BCUT2D eigenvalue weighted by molar-refractivity contribution is 7.17. The van der Waals surface area contributed by atoms with Crippen molar-refractivity contribution in [2.75, 3.05) is 32.8 Å². The van der Waals surface area contributed by atoms with Gasteiger partial charge in [-0.25, -0.2) is 9.78 Å². The number of anilines is 1. The SMILES string of the molecule is CCCOc1ccc(/C(O)=C2\C(=O)C(=O)N(c3nc(C)c(C(=O)OC)s3)C2c2ccc(OC)c(OC)c2)cc1C. The standard InChI is InChI=1S/C29H30N2O8S/c1-7-12-39-19-10-9-18(13-15(19)2)24(32)22-23(17-8-11-20(36-4)21(14-17)37-5)31(27(34)25(22)33)29-30-16(3)26(40-29)28(35)38-6/h8-11,13-14,23,32H,7,12H2,1-6H3/b24-22+. The maximum Gasteiger partial charge on any atom is 0.350 e. The van der Waals surface area contributed by atoms with Gasteiger partial charge in [0.15, 0.2) is 16.6 Å². The van der Waals surface area contributed by atoms with E-state index < -0.39 is 23.7 Å². The van der Waals surface area contributed by atoms with E-state index in [1.165, 1.54) is 26.2 Å².